The number of aliphatic carboxylic acids is 1. The van der Waals surface area contributed by atoms with Crippen LogP contribution >= 0.6 is 0 Å². The molecule has 1 aliphatic rings. The van der Waals surface area contributed by atoms with Gasteiger partial charge in [-0.1, -0.05) is 23.3 Å². The third-order valence-electron chi connectivity index (χ3n) is 2.93. The predicted octanol–water partition coefficient (Wildman–Crippen LogP) is 1.56. The van der Waals surface area contributed by atoms with Gasteiger partial charge in [-0.2, -0.15) is 0 Å². The first-order valence-corrected chi connectivity index (χ1v) is 5.28. The third-order valence-corrected chi connectivity index (χ3v) is 2.93. The maximum absolute atomic E-state index is 12.1. The summed E-state index contributed by atoms with van der Waals surface area (Å²) in [6.07, 6.45) is -0.0277. The number of benzene rings is 1. The molecular formula is C11H10N4O3. The number of rotatable bonds is 3. The summed E-state index contributed by atoms with van der Waals surface area (Å²) < 4.78 is 0. The minimum Gasteiger partial charge on any atom is -0.480 e. The van der Waals surface area contributed by atoms with Crippen molar-refractivity contribution in [2.45, 2.75) is 12.0 Å². The van der Waals surface area contributed by atoms with Gasteiger partial charge in [-0.15, -0.1) is 0 Å². The number of carbonyl (C=O) groups excluding carboxylic acids is 1. The zero-order valence-corrected chi connectivity index (χ0v) is 9.35. The summed E-state index contributed by atoms with van der Waals surface area (Å²) in [5.41, 5.74) is 7.03. The lowest BCUT2D eigenvalue weighted by Gasteiger charge is -2.19. The molecule has 1 N–H and O–H groups in total. The van der Waals surface area contributed by atoms with Gasteiger partial charge in [0.1, 0.15) is 0 Å². The van der Waals surface area contributed by atoms with E-state index in [2.05, 4.69) is 10.0 Å². The van der Waals surface area contributed by atoms with Crippen LogP contribution in [0.5, 0.6) is 0 Å². The molecule has 1 fully saturated rings. The molecule has 0 saturated carbocycles. The summed E-state index contributed by atoms with van der Waals surface area (Å²) in [7, 11) is 0. The molecule has 1 aromatic carbocycles. The molecule has 1 atom stereocenters. The van der Waals surface area contributed by atoms with E-state index < -0.39 is 17.4 Å². The molecule has 0 aliphatic carbocycles. The van der Waals surface area contributed by atoms with Crippen LogP contribution in [-0.4, -0.2) is 29.1 Å². The molecule has 7 heteroatoms. The van der Waals surface area contributed by atoms with Crippen molar-refractivity contribution in [1.82, 2.24) is 0 Å². The Morgan fingerprint density at radius 1 is 1.44 bits per heavy atom. The summed E-state index contributed by atoms with van der Waals surface area (Å²) >= 11 is 0. The highest BCUT2D eigenvalue weighted by Gasteiger charge is 2.53. The fraction of sp³-hybridized carbons (Fsp3) is 0.273. The monoisotopic (exact) mass is 246 g/mol. The topological polar surface area (TPSA) is 106 Å². The Labute approximate surface area is 102 Å². The van der Waals surface area contributed by atoms with Crippen LogP contribution in [0.1, 0.15) is 6.42 Å². The Bertz CT molecular complexity index is 534. The Hall–Kier alpha value is -2.53. The van der Waals surface area contributed by atoms with Gasteiger partial charge in [0, 0.05) is 17.1 Å². The van der Waals surface area contributed by atoms with Crippen molar-refractivity contribution in [2.24, 2.45) is 5.11 Å². The van der Waals surface area contributed by atoms with E-state index in [4.69, 9.17) is 10.6 Å². The standard InChI is InChI=1S/C11H10N4O3/c12-14-13-11(10(17)18)6-7-15(9(11)16)8-4-2-1-3-5-8/h1-5H,6-7H2,(H,17,18)/t11-/m1/s1. The Balaban J connectivity index is 2.40. The normalized spacial score (nSPS) is 22.7. The van der Waals surface area contributed by atoms with Crippen molar-refractivity contribution >= 4 is 17.6 Å². The van der Waals surface area contributed by atoms with E-state index >= 15 is 0 Å². The first-order valence-electron chi connectivity index (χ1n) is 5.28. The van der Waals surface area contributed by atoms with E-state index in [9.17, 15) is 9.59 Å². The Morgan fingerprint density at radius 2 is 2.11 bits per heavy atom. The quantitative estimate of drug-likeness (QED) is 0.378. The van der Waals surface area contributed by atoms with E-state index in [0.717, 1.165) is 0 Å². The highest BCUT2D eigenvalue weighted by atomic mass is 16.4. The van der Waals surface area contributed by atoms with Gasteiger partial charge in [-0.25, -0.2) is 0 Å². The number of para-hydroxylation sites is 1. The second-order valence-electron chi connectivity index (χ2n) is 3.90. The van der Waals surface area contributed by atoms with Gasteiger partial charge >= 0.3 is 5.97 Å². The molecule has 1 amide bonds. The number of carboxylic acids is 1. The zero-order valence-electron chi connectivity index (χ0n) is 9.35. The molecule has 1 aromatic rings. The molecule has 92 valence electrons. The smallest absolute Gasteiger partial charge is 0.325 e. The largest absolute Gasteiger partial charge is 0.480 e. The van der Waals surface area contributed by atoms with Crippen LogP contribution in [-0.2, 0) is 9.59 Å². The number of hydrogen-bond donors (Lipinski definition) is 1. The first-order chi connectivity index (χ1) is 8.62. The summed E-state index contributed by atoms with van der Waals surface area (Å²) in [5, 5.41) is 12.3. The number of anilines is 1. The molecule has 1 heterocycles. The Kier molecular flexibility index (Phi) is 2.91. The maximum Gasteiger partial charge on any atom is 0.325 e. The lowest BCUT2D eigenvalue weighted by molar-refractivity contribution is -0.146. The molecule has 0 aromatic heterocycles. The molecule has 7 nitrogen and oxygen atoms in total. The number of amides is 1. The Morgan fingerprint density at radius 3 is 2.67 bits per heavy atom. The minimum absolute atomic E-state index is 0.0277. The van der Waals surface area contributed by atoms with Crippen LogP contribution in [0, 0.1) is 0 Å². The van der Waals surface area contributed by atoms with E-state index in [0.29, 0.717) is 5.69 Å². The van der Waals surface area contributed by atoms with Crippen LogP contribution < -0.4 is 4.90 Å². The summed E-state index contributed by atoms with van der Waals surface area (Å²) in [6.45, 7) is 0.216. The molecule has 0 spiro atoms. The van der Waals surface area contributed by atoms with Crippen molar-refractivity contribution in [3.63, 3.8) is 0 Å². The average Bonchev–Trinajstić information content (AvgIpc) is 2.70. The van der Waals surface area contributed by atoms with Crippen LogP contribution in [0.25, 0.3) is 10.4 Å². The molecular weight excluding hydrogens is 236 g/mol. The summed E-state index contributed by atoms with van der Waals surface area (Å²) in [5.74, 6) is -2.11. The van der Waals surface area contributed by atoms with Gasteiger partial charge in [-0.05, 0) is 24.1 Å². The fourth-order valence-corrected chi connectivity index (χ4v) is 1.97. The van der Waals surface area contributed by atoms with Gasteiger partial charge in [-0.3, -0.25) is 9.59 Å². The van der Waals surface area contributed by atoms with Crippen LogP contribution in [0.15, 0.2) is 35.4 Å². The van der Waals surface area contributed by atoms with E-state index in [-0.39, 0.29) is 13.0 Å². The van der Waals surface area contributed by atoms with Crippen molar-refractivity contribution in [2.75, 3.05) is 11.4 Å². The number of nitrogens with zero attached hydrogens (tertiary/aromatic N) is 4. The maximum atomic E-state index is 12.1. The van der Waals surface area contributed by atoms with E-state index in [1.165, 1.54) is 4.90 Å². The van der Waals surface area contributed by atoms with Crippen molar-refractivity contribution < 1.29 is 14.7 Å². The molecule has 1 aliphatic heterocycles. The lowest BCUT2D eigenvalue weighted by Crippen LogP contribution is -2.45. The second-order valence-corrected chi connectivity index (χ2v) is 3.90. The predicted molar refractivity (Wildman–Crippen MR) is 62.9 cm³/mol. The van der Waals surface area contributed by atoms with Crippen molar-refractivity contribution in [3.8, 4) is 0 Å². The van der Waals surface area contributed by atoms with Crippen LogP contribution in [0.3, 0.4) is 0 Å². The van der Waals surface area contributed by atoms with Gasteiger partial charge in [0.2, 0.25) is 5.54 Å². The summed E-state index contributed by atoms with van der Waals surface area (Å²) in [4.78, 5) is 27.1. The zero-order chi connectivity index (χ0) is 13.2. The molecule has 0 radical (unpaired) electrons. The second kappa shape index (κ2) is 4.38. The SMILES string of the molecule is [N-]=[N+]=N[C@]1(C(=O)O)CCN(c2ccccc2)C1=O. The molecule has 0 bridgehead atoms. The number of carboxylic acid groups (broad SMARTS) is 1. The molecule has 2 rings (SSSR count). The highest BCUT2D eigenvalue weighted by molar-refractivity contribution is 6.15. The number of hydrogen-bond acceptors (Lipinski definition) is 3. The fourth-order valence-electron chi connectivity index (χ4n) is 1.97. The van der Waals surface area contributed by atoms with Gasteiger partial charge in [0.15, 0.2) is 0 Å². The van der Waals surface area contributed by atoms with Crippen molar-refractivity contribution in [3.05, 3.63) is 40.8 Å². The van der Waals surface area contributed by atoms with E-state index in [1.807, 2.05) is 0 Å². The first kappa shape index (κ1) is 11.9. The average molecular weight is 246 g/mol. The minimum atomic E-state index is -2.01. The van der Waals surface area contributed by atoms with Gasteiger partial charge in [0.25, 0.3) is 5.91 Å². The lowest BCUT2D eigenvalue weighted by atomic mass is 10.00. The molecule has 1 saturated heterocycles. The number of azide groups is 1. The van der Waals surface area contributed by atoms with Gasteiger partial charge in [0.05, 0.1) is 0 Å². The van der Waals surface area contributed by atoms with Crippen molar-refractivity contribution in [1.29, 1.82) is 0 Å². The third kappa shape index (κ3) is 1.66. The van der Waals surface area contributed by atoms with E-state index in [1.54, 1.807) is 30.3 Å². The molecule has 0 unspecified atom stereocenters. The van der Waals surface area contributed by atoms with Crippen LogP contribution in [0.2, 0.25) is 0 Å². The van der Waals surface area contributed by atoms with Crippen LogP contribution in [0.4, 0.5) is 5.69 Å². The number of carbonyl (C=O) groups is 2. The highest BCUT2D eigenvalue weighted by Crippen LogP contribution is 2.31. The summed E-state index contributed by atoms with van der Waals surface area (Å²) in [6, 6.07) is 8.69. The molecule has 18 heavy (non-hydrogen) atoms. The van der Waals surface area contributed by atoms with Gasteiger partial charge < -0.3 is 10.0 Å².